The smallest absolute Gasteiger partial charge is 0.160 e. The summed E-state index contributed by atoms with van der Waals surface area (Å²) in [5.74, 6) is -0.473. The molecule has 110 valence electrons. The molecule has 2 rings (SSSR count). The van der Waals surface area contributed by atoms with Crippen LogP contribution < -0.4 is 0 Å². The van der Waals surface area contributed by atoms with Crippen LogP contribution in [0.3, 0.4) is 0 Å². The van der Waals surface area contributed by atoms with Crippen molar-refractivity contribution in [2.45, 2.75) is 13.8 Å². The minimum Gasteiger partial charge on any atom is -0.298 e. The molecule has 0 bridgehead atoms. The molecule has 0 atom stereocenters. The zero-order chi connectivity index (χ0) is 16.3. The van der Waals surface area contributed by atoms with Crippen LogP contribution in [0.2, 0.25) is 0 Å². The second kappa shape index (κ2) is 6.26. The highest BCUT2D eigenvalue weighted by molar-refractivity contribution is 6.09. The van der Waals surface area contributed by atoms with Gasteiger partial charge >= 0.3 is 0 Å². The van der Waals surface area contributed by atoms with Crippen molar-refractivity contribution >= 4 is 24.1 Å². The van der Waals surface area contributed by atoms with Gasteiger partial charge in [0.25, 0.3) is 0 Å². The number of aldehydes is 2. The molecule has 0 spiro atoms. The maximum absolute atomic E-state index is 11.7. The summed E-state index contributed by atoms with van der Waals surface area (Å²) >= 11 is 0. The Morgan fingerprint density at radius 3 is 1.36 bits per heavy atom. The lowest BCUT2D eigenvalue weighted by atomic mass is 9.89. The molecule has 0 unspecified atom stereocenters. The topological polar surface area (TPSA) is 68.3 Å². The van der Waals surface area contributed by atoms with Crippen LogP contribution in [0.5, 0.6) is 0 Å². The fraction of sp³-hybridized carbons (Fsp3) is 0.111. The summed E-state index contributed by atoms with van der Waals surface area (Å²) in [4.78, 5) is 46.2. The maximum Gasteiger partial charge on any atom is 0.160 e. The summed E-state index contributed by atoms with van der Waals surface area (Å²) in [6.07, 6.45) is 1.20. The average Bonchev–Trinajstić information content (AvgIpc) is 2.52. The zero-order valence-corrected chi connectivity index (χ0v) is 12.3. The molecule has 0 aliphatic carbocycles. The summed E-state index contributed by atoms with van der Waals surface area (Å²) < 4.78 is 0. The Morgan fingerprint density at radius 1 is 0.727 bits per heavy atom. The molecule has 0 amide bonds. The van der Waals surface area contributed by atoms with Crippen LogP contribution in [-0.2, 0) is 0 Å². The largest absolute Gasteiger partial charge is 0.298 e. The van der Waals surface area contributed by atoms with Crippen LogP contribution in [0.15, 0.2) is 36.4 Å². The monoisotopic (exact) mass is 294 g/mol. The number of hydrogen-bond acceptors (Lipinski definition) is 4. The molecule has 0 radical (unpaired) electrons. The molecule has 0 aliphatic rings. The molecule has 0 aromatic heterocycles. The molecular weight excluding hydrogens is 280 g/mol. The lowest BCUT2D eigenvalue weighted by Crippen LogP contribution is -2.05. The molecule has 2 aromatic carbocycles. The molecule has 0 aliphatic heterocycles. The number of carbonyl (C=O) groups excluding carboxylic acids is 4. The molecular formula is C18H14O4. The Labute approximate surface area is 127 Å². The van der Waals surface area contributed by atoms with Crippen molar-refractivity contribution in [2.24, 2.45) is 0 Å². The molecule has 4 heteroatoms. The van der Waals surface area contributed by atoms with Gasteiger partial charge in [-0.3, -0.25) is 19.2 Å². The Hall–Kier alpha value is -2.88. The number of ketones is 2. The highest BCUT2D eigenvalue weighted by Crippen LogP contribution is 2.29. The van der Waals surface area contributed by atoms with E-state index in [2.05, 4.69) is 0 Å². The highest BCUT2D eigenvalue weighted by atomic mass is 16.1. The SMILES string of the molecule is CC(=O)c1cccc(-c2cccc(C(C)=O)c2C=O)c1C=O. The molecule has 0 heterocycles. The van der Waals surface area contributed by atoms with E-state index in [1.54, 1.807) is 36.4 Å². The number of benzene rings is 2. The van der Waals surface area contributed by atoms with Crippen molar-refractivity contribution in [3.05, 3.63) is 58.7 Å². The number of carbonyl (C=O) groups is 4. The minimum absolute atomic E-state index is 0.221. The quantitative estimate of drug-likeness (QED) is 0.626. The Bertz CT molecular complexity index is 720. The standard InChI is InChI=1S/C18H14O4/c1-11(21)13-5-3-7-15(17(13)9-19)16-8-4-6-14(12(2)22)18(16)10-20/h3-10H,1-2H3. The number of rotatable bonds is 5. The third kappa shape index (κ3) is 2.63. The van der Waals surface area contributed by atoms with Crippen LogP contribution in [0, 0.1) is 0 Å². The molecule has 4 nitrogen and oxygen atoms in total. The van der Waals surface area contributed by atoms with Gasteiger partial charge in [0, 0.05) is 22.3 Å². The molecule has 0 saturated carbocycles. The third-order valence-electron chi connectivity index (χ3n) is 3.50. The van der Waals surface area contributed by atoms with E-state index in [1.807, 2.05) is 0 Å². The van der Waals surface area contributed by atoms with Gasteiger partial charge < -0.3 is 0 Å². The van der Waals surface area contributed by atoms with Crippen molar-refractivity contribution in [1.82, 2.24) is 0 Å². The van der Waals surface area contributed by atoms with Gasteiger partial charge in [0.05, 0.1) is 0 Å². The summed E-state index contributed by atoms with van der Waals surface area (Å²) in [5.41, 5.74) is 1.95. The van der Waals surface area contributed by atoms with Gasteiger partial charge in [-0.1, -0.05) is 36.4 Å². The van der Waals surface area contributed by atoms with Gasteiger partial charge in [-0.2, -0.15) is 0 Å². The van der Waals surface area contributed by atoms with Crippen molar-refractivity contribution in [3.8, 4) is 11.1 Å². The van der Waals surface area contributed by atoms with E-state index in [0.29, 0.717) is 23.7 Å². The Morgan fingerprint density at radius 2 is 1.09 bits per heavy atom. The Kier molecular flexibility index (Phi) is 4.41. The van der Waals surface area contributed by atoms with E-state index in [0.717, 1.165) is 0 Å². The first-order valence-corrected chi connectivity index (χ1v) is 6.70. The lowest BCUT2D eigenvalue weighted by molar-refractivity contribution is 0.1000. The second-order valence-corrected chi connectivity index (χ2v) is 4.88. The molecule has 0 N–H and O–H groups in total. The molecule has 0 fully saturated rings. The first kappa shape index (κ1) is 15.5. The highest BCUT2D eigenvalue weighted by Gasteiger charge is 2.17. The van der Waals surface area contributed by atoms with Gasteiger partial charge in [-0.25, -0.2) is 0 Å². The predicted molar refractivity (Wildman–Crippen MR) is 82.7 cm³/mol. The van der Waals surface area contributed by atoms with E-state index < -0.39 is 0 Å². The molecule has 0 saturated heterocycles. The van der Waals surface area contributed by atoms with Gasteiger partial charge in [0.15, 0.2) is 24.1 Å². The normalized spacial score (nSPS) is 10.1. The van der Waals surface area contributed by atoms with E-state index in [-0.39, 0.29) is 33.8 Å². The van der Waals surface area contributed by atoms with Gasteiger partial charge in [-0.05, 0) is 25.0 Å². The summed E-state index contributed by atoms with van der Waals surface area (Å²) in [6.45, 7) is 2.75. The fourth-order valence-electron chi connectivity index (χ4n) is 2.47. The molecule has 2 aromatic rings. The van der Waals surface area contributed by atoms with Gasteiger partial charge in [0.2, 0.25) is 0 Å². The van der Waals surface area contributed by atoms with Crippen molar-refractivity contribution in [1.29, 1.82) is 0 Å². The fourth-order valence-corrected chi connectivity index (χ4v) is 2.47. The van der Waals surface area contributed by atoms with Gasteiger partial charge in [-0.15, -0.1) is 0 Å². The van der Waals surface area contributed by atoms with Crippen LogP contribution in [0.25, 0.3) is 11.1 Å². The first-order chi connectivity index (χ1) is 10.5. The third-order valence-corrected chi connectivity index (χ3v) is 3.50. The number of Topliss-reactive ketones (excluding diaryl/α,β-unsaturated/α-hetero) is 2. The van der Waals surface area contributed by atoms with Crippen LogP contribution in [-0.4, -0.2) is 24.1 Å². The van der Waals surface area contributed by atoms with Crippen molar-refractivity contribution < 1.29 is 19.2 Å². The summed E-state index contributed by atoms with van der Waals surface area (Å²) in [7, 11) is 0. The van der Waals surface area contributed by atoms with Crippen molar-refractivity contribution in [3.63, 3.8) is 0 Å². The minimum atomic E-state index is -0.237. The van der Waals surface area contributed by atoms with Crippen LogP contribution >= 0.6 is 0 Å². The second-order valence-electron chi connectivity index (χ2n) is 4.88. The van der Waals surface area contributed by atoms with E-state index in [4.69, 9.17) is 0 Å². The van der Waals surface area contributed by atoms with E-state index >= 15 is 0 Å². The predicted octanol–water partition coefficient (Wildman–Crippen LogP) is 3.38. The first-order valence-electron chi connectivity index (χ1n) is 6.70. The maximum atomic E-state index is 11.7. The van der Waals surface area contributed by atoms with E-state index in [9.17, 15) is 19.2 Å². The van der Waals surface area contributed by atoms with Crippen LogP contribution in [0.1, 0.15) is 55.3 Å². The zero-order valence-electron chi connectivity index (χ0n) is 12.3. The number of hydrogen-bond donors (Lipinski definition) is 0. The van der Waals surface area contributed by atoms with Crippen molar-refractivity contribution in [2.75, 3.05) is 0 Å². The van der Waals surface area contributed by atoms with Crippen LogP contribution in [0.4, 0.5) is 0 Å². The van der Waals surface area contributed by atoms with E-state index in [1.165, 1.54) is 13.8 Å². The lowest BCUT2D eigenvalue weighted by Gasteiger charge is -2.12. The average molecular weight is 294 g/mol. The van der Waals surface area contributed by atoms with Gasteiger partial charge in [0.1, 0.15) is 0 Å². The Balaban J connectivity index is 2.83. The summed E-state index contributed by atoms with van der Waals surface area (Å²) in [6, 6.07) is 9.73. The summed E-state index contributed by atoms with van der Waals surface area (Å²) in [5, 5.41) is 0. The molecule has 22 heavy (non-hydrogen) atoms.